The van der Waals surface area contributed by atoms with Crippen molar-refractivity contribution in [3.63, 3.8) is 0 Å². The van der Waals surface area contributed by atoms with Gasteiger partial charge in [-0.2, -0.15) is 5.26 Å². The SMILES string of the molecule is CCCCC1(OC(=O)OO)CCCCC1. The van der Waals surface area contributed by atoms with Gasteiger partial charge in [-0.25, -0.2) is 4.79 Å². The molecule has 1 rings (SSSR count). The van der Waals surface area contributed by atoms with Crippen LogP contribution in [0.5, 0.6) is 0 Å². The Morgan fingerprint density at radius 2 is 2.00 bits per heavy atom. The molecule has 0 unspecified atom stereocenters. The van der Waals surface area contributed by atoms with Crippen LogP contribution < -0.4 is 0 Å². The number of ether oxygens (including phenoxy) is 1. The van der Waals surface area contributed by atoms with Crippen molar-refractivity contribution in [3.05, 3.63) is 0 Å². The maximum atomic E-state index is 11.0. The van der Waals surface area contributed by atoms with E-state index in [1.54, 1.807) is 0 Å². The Morgan fingerprint density at radius 3 is 2.53 bits per heavy atom. The van der Waals surface area contributed by atoms with Crippen molar-refractivity contribution in [2.24, 2.45) is 0 Å². The number of carbonyl (C=O) groups excluding carboxylic acids is 1. The molecule has 4 nitrogen and oxygen atoms in total. The first-order valence-electron chi connectivity index (χ1n) is 5.77. The van der Waals surface area contributed by atoms with E-state index in [1.807, 2.05) is 0 Å². The normalized spacial score (nSPS) is 19.6. The van der Waals surface area contributed by atoms with E-state index in [9.17, 15) is 4.79 Å². The van der Waals surface area contributed by atoms with E-state index in [-0.39, 0.29) is 5.60 Å². The Bertz CT molecular complexity index is 197. The molecule has 0 aromatic rings. The minimum Gasteiger partial charge on any atom is -0.426 e. The van der Waals surface area contributed by atoms with Gasteiger partial charge in [0.25, 0.3) is 0 Å². The lowest BCUT2D eigenvalue weighted by Gasteiger charge is -2.35. The van der Waals surface area contributed by atoms with Crippen LogP contribution in [0.4, 0.5) is 4.79 Å². The molecule has 1 saturated carbocycles. The topological polar surface area (TPSA) is 55.8 Å². The summed E-state index contributed by atoms with van der Waals surface area (Å²) in [6.07, 6.45) is 7.19. The van der Waals surface area contributed by atoms with Gasteiger partial charge in [-0.1, -0.05) is 19.8 Å². The fourth-order valence-corrected chi connectivity index (χ4v) is 2.29. The van der Waals surface area contributed by atoms with E-state index < -0.39 is 6.16 Å². The van der Waals surface area contributed by atoms with E-state index in [0.29, 0.717) is 0 Å². The monoisotopic (exact) mass is 216 g/mol. The number of rotatable bonds is 4. The lowest BCUT2D eigenvalue weighted by molar-refractivity contribution is -0.217. The first-order valence-corrected chi connectivity index (χ1v) is 5.77. The summed E-state index contributed by atoms with van der Waals surface area (Å²) in [5.41, 5.74) is -0.381. The van der Waals surface area contributed by atoms with Crippen LogP contribution in [0.25, 0.3) is 0 Å². The highest BCUT2D eigenvalue weighted by atomic mass is 17.1. The van der Waals surface area contributed by atoms with Crippen LogP contribution in [0.1, 0.15) is 58.3 Å². The maximum absolute atomic E-state index is 11.0. The van der Waals surface area contributed by atoms with Gasteiger partial charge in [0.05, 0.1) is 0 Å². The van der Waals surface area contributed by atoms with E-state index >= 15 is 0 Å². The largest absolute Gasteiger partial charge is 0.540 e. The van der Waals surface area contributed by atoms with Crippen molar-refractivity contribution in [3.8, 4) is 0 Å². The van der Waals surface area contributed by atoms with Crippen molar-refractivity contribution in [1.82, 2.24) is 0 Å². The summed E-state index contributed by atoms with van der Waals surface area (Å²) < 4.78 is 5.22. The highest BCUT2D eigenvalue weighted by Crippen LogP contribution is 2.36. The van der Waals surface area contributed by atoms with Crippen LogP contribution in [0.15, 0.2) is 0 Å². The smallest absolute Gasteiger partial charge is 0.426 e. The van der Waals surface area contributed by atoms with Gasteiger partial charge in [0.15, 0.2) is 0 Å². The van der Waals surface area contributed by atoms with Gasteiger partial charge in [0, 0.05) is 0 Å². The zero-order valence-corrected chi connectivity index (χ0v) is 9.33. The van der Waals surface area contributed by atoms with Crippen LogP contribution in [0.2, 0.25) is 0 Å². The first-order chi connectivity index (χ1) is 7.22. The zero-order valence-electron chi connectivity index (χ0n) is 9.33. The molecule has 0 saturated heterocycles. The lowest BCUT2D eigenvalue weighted by Crippen LogP contribution is -2.37. The average Bonchev–Trinajstić information content (AvgIpc) is 2.27. The van der Waals surface area contributed by atoms with E-state index in [4.69, 9.17) is 9.99 Å². The number of carbonyl (C=O) groups is 1. The molecule has 0 aromatic carbocycles. The van der Waals surface area contributed by atoms with Crippen LogP contribution in [0, 0.1) is 0 Å². The van der Waals surface area contributed by atoms with Gasteiger partial charge in [0.1, 0.15) is 5.60 Å². The van der Waals surface area contributed by atoms with Gasteiger partial charge in [-0.15, -0.1) is 0 Å². The average molecular weight is 216 g/mol. The summed E-state index contributed by atoms with van der Waals surface area (Å²) in [5, 5.41) is 8.23. The van der Waals surface area contributed by atoms with Gasteiger partial charge < -0.3 is 4.74 Å². The highest BCUT2D eigenvalue weighted by Gasteiger charge is 2.35. The molecule has 1 fully saturated rings. The summed E-state index contributed by atoms with van der Waals surface area (Å²) >= 11 is 0. The van der Waals surface area contributed by atoms with Gasteiger partial charge in [0.2, 0.25) is 0 Å². The van der Waals surface area contributed by atoms with E-state index in [1.165, 1.54) is 6.42 Å². The molecule has 0 aliphatic heterocycles. The summed E-state index contributed by atoms with van der Waals surface area (Å²) in [6.45, 7) is 2.11. The second-order valence-corrected chi connectivity index (χ2v) is 4.29. The molecule has 15 heavy (non-hydrogen) atoms. The standard InChI is InChI=1S/C11H20O4/c1-2-3-7-11(14-10(12)15-13)8-5-4-6-9-11/h13H,2-9H2,1H3. The van der Waals surface area contributed by atoms with Gasteiger partial charge in [-0.3, -0.25) is 4.89 Å². The highest BCUT2D eigenvalue weighted by molar-refractivity contribution is 5.59. The fourth-order valence-electron chi connectivity index (χ4n) is 2.29. The third kappa shape index (κ3) is 3.70. The molecule has 1 N–H and O–H groups in total. The van der Waals surface area contributed by atoms with E-state index in [0.717, 1.165) is 44.9 Å². The molecule has 0 atom stereocenters. The number of unbranched alkanes of at least 4 members (excludes halogenated alkanes) is 1. The van der Waals surface area contributed by atoms with Crippen LogP contribution in [0.3, 0.4) is 0 Å². The summed E-state index contributed by atoms with van der Waals surface area (Å²) in [5.74, 6) is 0. The molecular formula is C11H20O4. The molecule has 1 aliphatic rings. The lowest BCUT2D eigenvalue weighted by atomic mass is 9.81. The third-order valence-corrected chi connectivity index (χ3v) is 3.13. The van der Waals surface area contributed by atoms with Crippen molar-refractivity contribution < 1.29 is 19.7 Å². The number of hydrogen-bond acceptors (Lipinski definition) is 4. The summed E-state index contributed by atoms with van der Waals surface area (Å²) in [6, 6.07) is 0. The fraction of sp³-hybridized carbons (Fsp3) is 0.909. The minimum atomic E-state index is -0.965. The van der Waals surface area contributed by atoms with Crippen LogP contribution in [-0.4, -0.2) is 17.0 Å². The molecule has 88 valence electrons. The summed E-state index contributed by atoms with van der Waals surface area (Å²) in [7, 11) is 0. The molecule has 0 spiro atoms. The van der Waals surface area contributed by atoms with E-state index in [2.05, 4.69) is 11.8 Å². The van der Waals surface area contributed by atoms with Crippen molar-refractivity contribution in [2.45, 2.75) is 63.9 Å². The van der Waals surface area contributed by atoms with Crippen LogP contribution in [-0.2, 0) is 9.62 Å². The quantitative estimate of drug-likeness (QED) is 0.444. The Balaban J connectivity index is 2.53. The predicted octanol–water partition coefficient (Wildman–Crippen LogP) is 3.51. The van der Waals surface area contributed by atoms with Crippen molar-refractivity contribution >= 4 is 6.16 Å². The Hall–Kier alpha value is -0.770. The Kier molecular flexibility index (Phi) is 4.88. The van der Waals surface area contributed by atoms with Crippen molar-refractivity contribution in [1.29, 1.82) is 0 Å². The number of hydrogen-bond donors (Lipinski definition) is 1. The molecule has 0 heterocycles. The summed E-state index contributed by atoms with van der Waals surface area (Å²) in [4.78, 5) is 14.6. The van der Waals surface area contributed by atoms with Gasteiger partial charge >= 0.3 is 6.16 Å². The molecule has 0 amide bonds. The van der Waals surface area contributed by atoms with Crippen molar-refractivity contribution in [2.75, 3.05) is 0 Å². The first kappa shape index (κ1) is 12.3. The second kappa shape index (κ2) is 5.95. The Morgan fingerprint density at radius 1 is 1.33 bits per heavy atom. The molecule has 0 radical (unpaired) electrons. The predicted molar refractivity (Wildman–Crippen MR) is 55.5 cm³/mol. The molecule has 4 heteroatoms. The Labute approximate surface area is 90.5 Å². The second-order valence-electron chi connectivity index (χ2n) is 4.29. The van der Waals surface area contributed by atoms with Gasteiger partial charge in [-0.05, 0) is 38.5 Å². The zero-order chi connectivity index (χ0) is 11.1. The van der Waals surface area contributed by atoms with Crippen LogP contribution >= 0.6 is 0 Å². The maximum Gasteiger partial charge on any atom is 0.540 e. The molecule has 1 aliphatic carbocycles. The molecule has 0 bridgehead atoms. The molecule has 0 aromatic heterocycles. The third-order valence-electron chi connectivity index (χ3n) is 3.13. The minimum absolute atomic E-state index is 0.381. The molecular weight excluding hydrogens is 196 g/mol.